The zero-order chi connectivity index (χ0) is 16.8. The average molecular weight is 330 g/mol. The Balaban J connectivity index is 2.37. The molecule has 0 saturated carbocycles. The van der Waals surface area contributed by atoms with Gasteiger partial charge in [0.05, 0.1) is 7.11 Å². The maximum absolute atomic E-state index is 12.3. The first-order valence-electron chi connectivity index (χ1n) is 6.94. The fraction of sp³-hybridized carbons (Fsp3) is 0.111. The van der Waals surface area contributed by atoms with Crippen LogP contribution in [0.1, 0.15) is 22.8 Å². The smallest absolute Gasteiger partial charge is 0.354 e. The number of methoxy groups -OCH3 is 1. The van der Waals surface area contributed by atoms with E-state index in [4.69, 9.17) is 16.3 Å². The van der Waals surface area contributed by atoms with Crippen LogP contribution >= 0.6 is 11.6 Å². The molecule has 0 radical (unpaired) electrons. The molecule has 0 aliphatic carbocycles. The second kappa shape index (κ2) is 7.61. The molecule has 0 atom stereocenters. The highest BCUT2D eigenvalue weighted by atomic mass is 35.5. The number of rotatable bonds is 4. The van der Waals surface area contributed by atoms with Crippen molar-refractivity contribution in [1.29, 1.82) is 0 Å². The zero-order valence-corrected chi connectivity index (χ0v) is 13.6. The van der Waals surface area contributed by atoms with Gasteiger partial charge < -0.3 is 10.1 Å². The Morgan fingerprint density at radius 3 is 2.13 bits per heavy atom. The van der Waals surface area contributed by atoms with Crippen LogP contribution in [0.5, 0.6) is 0 Å². The van der Waals surface area contributed by atoms with E-state index in [-0.39, 0.29) is 11.6 Å². The third-order valence-corrected chi connectivity index (χ3v) is 3.57. The first-order valence-corrected chi connectivity index (χ1v) is 7.32. The van der Waals surface area contributed by atoms with Crippen LogP contribution in [0.15, 0.2) is 60.3 Å². The minimum Gasteiger partial charge on any atom is -0.464 e. The summed E-state index contributed by atoms with van der Waals surface area (Å²) < 4.78 is 4.78. The summed E-state index contributed by atoms with van der Waals surface area (Å²) in [5.74, 6) is -0.985. The van der Waals surface area contributed by atoms with Gasteiger partial charge in [-0.3, -0.25) is 4.79 Å². The van der Waals surface area contributed by atoms with Gasteiger partial charge in [-0.15, -0.1) is 0 Å². The van der Waals surface area contributed by atoms with Gasteiger partial charge >= 0.3 is 5.97 Å². The summed E-state index contributed by atoms with van der Waals surface area (Å²) in [6.45, 7) is 1.74. The first kappa shape index (κ1) is 16.8. The van der Waals surface area contributed by atoms with Gasteiger partial charge in [0.25, 0.3) is 5.91 Å². The topological polar surface area (TPSA) is 55.4 Å². The van der Waals surface area contributed by atoms with Crippen molar-refractivity contribution in [1.82, 2.24) is 5.32 Å². The van der Waals surface area contributed by atoms with Crippen LogP contribution < -0.4 is 5.32 Å². The van der Waals surface area contributed by atoms with Gasteiger partial charge in [0.15, 0.2) is 0 Å². The first-order chi connectivity index (χ1) is 11.0. The van der Waals surface area contributed by atoms with Gasteiger partial charge in [-0.25, -0.2) is 4.79 Å². The lowest BCUT2D eigenvalue weighted by Crippen LogP contribution is -2.29. The highest BCUT2D eigenvalue weighted by Gasteiger charge is 2.18. The molecule has 2 rings (SSSR count). The molecule has 0 spiro atoms. The lowest BCUT2D eigenvalue weighted by Gasteiger charge is -2.12. The molecule has 118 valence electrons. The van der Waals surface area contributed by atoms with Crippen LogP contribution in [-0.2, 0) is 9.53 Å². The Morgan fingerprint density at radius 1 is 0.957 bits per heavy atom. The van der Waals surface area contributed by atoms with E-state index in [1.165, 1.54) is 7.11 Å². The van der Waals surface area contributed by atoms with E-state index >= 15 is 0 Å². The molecular formula is C18H16ClNO3. The molecule has 0 bridgehead atoms. The lowest BCUT2D eigenvalue weighted by atomic mass is 10.0. The quantitative estimate of drug-likeness (QED) is 0.687. The number of carbonyl (C=O) groups excluding carboxylic acids is 2. The Morgan fingerprint density at radius 2 is 1.57 bits per heavy atom. The van der Waals surface area contributed by atoms with E-state index in [1.807, 2.05) is 6.07 Å². The molecule has 1 N–H and O–H groups in total. The lowest BCUT2D eigenvalue weighted by molar-refractivity contribution is -0.136. The molecule has 0 aliphatic rings. The van der Waals surface area contributed by atoms with Crippen LogP contribution in [0, 0.1) is 0 Å². The monoisotopic (exact) mass is 329 g/mol. The van der Waals surface area contributed by atoms with Crippen LogP contribution in [0.25, 0.3) is 5.57 Å². The molecule has 0 heterocycles. The van der Waals surface area contributed by atoms with Gasteiger partial charge in [0.1, 0.15) is 5.70 Å². The molecule has 0 aromatic heterocycles. The minimum atomic E-state index is -0.610. The van der Waals surface area contributed by atoms with E-state index in [0.717, 1.165) is 5.56 Å². The molecule has 0 fully saturated rings. The normalized spacial score (nSPS) is 11.4. The number of ether oxygens (including phenoxy) is 1. The van der Waals surface area contributed by atoms with Crippen molar-refractivity contribution in [2.75, 3.05) is 7.11 Å². The van der Waals surface area contributed by atoms with Gasteiger partial charge in [0.2, 0.25) is 0 Å². The van der Waals surface area contributed by atoms with Crippen molar-refractivity contribution >= 4 is 29.1 Å². The number of nitrogens with one attached hydrogen (secondary N) is 1. The number of allylic oxidation sites excluding steroid dienone is 1. The maximum Gasteiger partial charge on any atom is 0.354 e. The summed E-state index contributed by atoms with van der Waals surface area (Å²) >= 11 is 5.87. The number of hydrogen-bond donors (Lipinski definition) is 1. The summed E-state index contributed by atoms with van der Waals surface area (Å²) in [6, 6.07) is 15.6. The number of halogens is 1. The second-order valence-corrected chi connectivity index (χ2v) is 5.26. The molecule has 2 aromatic carbocycles. The van der Waals surface area contributed by atoms with E-state index in [9.17, 15) is 9.59 Å². The van der Waals surface area contributed by atoms with E-state index in [0.29, 0.717) is 16.2 Å². The summed E-state index contributed by atoms with van der Waals surface area (Å²) in [7, 11) is 1.27. The molecule has 1 amide bonds. The van der Waals surface area contributed by atoms with Gasteiger partial charge in [-0.05, 0) is 42.3 Å². The molecule has 5 heteroatoms. The summed E-state index contributed by atoms with van der Waals surface area (Å²) in [5.41, 5.74) is 1.92. The number of carbonyl (C=O) groups is 2. The Hall–Kier alpha value is -2.59. The van der Waals surface area contributed by atoms with Crippen molar-refractivity contribution in [2.24, 2.45) is 0 Å². The highest BCUT2D eigenvalue weighted by molar-refractivity contribution is 6.30. The summed E-state index contributed by atoms with van der Waals surface area (Å²) in [5, 5.41) is 3.22. The number of esters is 1. The van der Waals surface area contributed by atoms with Gasteiger partial charge in [0, 0.05) is 10.6 Å². The summed E-state index contributed by atoms with van der Waals surface area (Å²) in [6.07, 6.45) is 0. The van der Waals surface area contributed by atoms with Crippen molar-refractivity contribution in [3.63, 3.8) is 0 Å². The Labute approximate surface area is 139 Å². The predicted octanol–water partition coefficient (Wildman–Crippen LogP) is 3.67. The number of hydrogen-bond acceptors (Lipinski definition) is 3. The molecular weight excluding hydrogens is 314 g/mol. The predicted molar refractivity (Wildman–Crippen MR) is 90.0 cm³/mol. The fourth-order valence-electron chi connectivity index (χ4n) is 2.02. The molecule has 2 aromatic rings. The van der Waals surface area contributed by atoms with E-state index in [1.54, 1.807) is 55.5 Å². The van der Waals surface area contributed by atoms with Gasteiger partial charge in [-0.1, -0.05) is 41.9 Å². The fourth-order valence-corrected chi connectivity index (χ4v) is 2.15. The molecule has 23 heavy (non-hydrogen) atoms. The SMILES string of the molecule is COC(=O)/C(NC(=O)c1ccccc1)=C(\C)c1ccc(Cl)cc1. The average Bonchev–Trinajstić information content (AvgIpc) is 2.59. The van der Waals surface area contributed by atoms with Crippen LogP contribution in [0.3, 0.4) is 0 Å². The minimum absolute atomic E-state index is 0.101. The Kier molecular flexibility index (Phi) is 5.55. The maximum atomic E-state index is 12.3. The molecule has 0 unspecified atom stereocenters. The number of benzene rings is 2. The largest absolute Gasteiger partial charge is 0.464 e. The molecule has 0 saturated heterocycles. The standard InChI is InChI=1S/C18H16ClNO3/c1-12(13-8-10-15(19)11-9-13)16(18(22)23-2)20-17(21)14-6-4-3-5-7-14/h3-11H,1-2H3,(H,20,21)/b16-12-. The Bertz CT molecular complexity index is 737. The van der Waals surface area contributed by atoms with E-state index < -0.39 is 5.97 Å². The highest BCUT2D eigenvalue weighted by Crippen LogP contribution is 2.20. The van der Waals surface area contributed by atoms with Gasteiger partial charge in [-0.2, -0.15) is 0 Å². The summed E-state index contributed by atoms with van der Waals surface area (Å²) in [4.78, 5) is 24.3. The van der Waals surface area contributed by atoms with Crippen LogP contribution in [0.2, 0.25) is 5.02 Å². The third kappa shape index (κ3) is 4.20. The van der Waals surface area contributed by atoms with E-state index in [2.05, 4.69) is 5.32 Å². The molecule has 0 aliphatic heterocycles. The van der Waals surface area contributed by atoms with Crippen molar-refractivity contribution in [2.45, 2.75) is 6.92 Å². The zero-order valence-electron chi connectivity index (χ0n) is 12.8. The second-order valence-electron chi connectivity index (χ2n) is 4.82. The van der Waals surface area contributed by atoms with Crippen molar-refractivity contribution < 1.29 is 14.3 Å². The molecule has 4 nitrogen and oxygen atoms in total. The number of amides is 1. The van der Waals surface area contributed by atoms with Crippen LogP contribution in [0.4, 0.5) is 0 Å². The third-order valence-electron chi connectivity index (χ3n) is 3.32. The van der Waals surface area contributed by atoms with Crippen molar-refractivity contribution in [3.05, 3.63) is 76.4 Å². The van der Waals surface area contributed by atoms with Crippen molar-refractivity contribution in [3.8, 4) is 0 Å². The van der Waals surface area contributed by atoms with Crippen LogP contribution in [-0.4, -0.2) is 19.0 Å².